The topological polar surface area (TPSA) is 74.6 Å². The van der Waals surface area contributed by atoms with Crippen molar-refractivity contribution >= 4 is 23.0 Å². The van der Waals surface area contributed by atoms with Crippen LogP contribution in [0.15, 0.2) is 53.7 Å². The zero-order valence-electron chi connectivity index (χ0n) is 16.1. The number of anilines is 1. The molecule has 1 aromatic heterocycles. The van der Waals surface area contributed by atoms with Gasteiger partial charge in [0.2, 0.25) is 5.95 Å². The van der Waals surface area contributed by atoms with Crippen molar-refractivity contribution in [1.82, 2.24) is 9.55 Å². The molecule has 7 nitrogen and oxygen atoms in total. The van der Waals surface area contributed by atoms with Crippen LogP contribution in [-0.2, 0) is 9.53 Å². The largest absolute Gasteiger partial charge is 0.493 e. The molecule has 1 N–H and O–H groups in total. The van der Waals surface area contributed by atoms with E-state index in [-0.39, 0.29) is 0 Å². The molecule has 0 saturated carbocycles. The monoisotopic (exact) mass is 379 g/mol. The Balaban J connectivity index is 2.00. The Hall–Kier alpha value is -3.48. The lowest BCUT2D eigenvalue weighted by Gasteiger charge is -2.30. The Morgan fingerprint density at radius 1 is 1.07 bits per heavy atom. The molecule has 0 aliphatic carbocycles. The van der Waals surface area contributed by atoms with Crippen molar-refractivity contribution in [2.45, 2.75) is 13.0 Å². The average Bonchev–Trinajstić information content (AvgIpc) is 3.09. The van der Waals surface area contributed by atoms with E-state index in [4.69, 9.17) is 14.2 Å². The van der Waals surface area contributed by atoms with Crippen molar-refractivity contribution in [3.8, 4) is 11.5 Å². The number of allylic oxidation sites excluding steroid dienone is 1. The van der Waals surface area contributed by atoms with Crippen LogP contribution in [0.1, 0.15) is 18.5 Å². The number of methoxy groups -OCH3 is 3. The summed E-state index contributed by atoms with van der Waals surface area (Å²) in [5.74, 6) is 1.49. The number of aromatic nitrogens is 2. The van der Waals surface area contributed by atoms with E-state index in [2.05, 4.69) is 10.3 Å². The first kappa shape index (κ1) is 17.9. The first-order valence-corrected chi connectivity index (χ1v) is 8.84. The zero-order chi connectivity index (χ0) is 19.8. The fraction of sp³-hybridized carbons (Fsp3) is 0.238. The van der Waals surface area contributed by atoms with Gasteiger partial charge in [-0.3, -0.25) is 4.57 Å². The molecular formula is C21H21N3O4. The van der Waals surface area contributed by atoms with Crippen molar-refractivity contribution in [2.75, 3.05) is 26.6 Å². The third kappa shape index (κ3) is 2.67. The van der Waals surface area contributed by atoms with E-state index in [9.17, 15) is 4.79 Å². The van der Waals surface area contributed by atoms with Crippen LogP contribution < -0.4 is 14.8 Å². The second kappa shape index (κ2) is 6.92. The van der Waals surface area contributed by atoms with Crippen molar-refractivity contribution in [3.63, 3.8) is 0 Å². The highest BCUT2D eigenvalue weighted by Crippen LogP contribution is 2.41. The average molecular weight is 379 g/mol. The smallest absolute Gasteiger partial charge is 0.337 e. The van der Waals surface area contributed by atoms with Gasteiger partial charge in [0.05, 0.1) is 44.0 Å². The van der Waals surface area contributed by atoms with E-state index in [1.807, 2.05) is 54.0 Å². The van der Waals surface area contributed by atoms with Crippen molar-refractivity contribution in [2.24, 2.45) is 0 Å². The van der Waals surface area contributed by atoms with Crippen LogP contribution in [0.25, 0.3) is 11.0 Å². The van der Waals surface area contributed by atoms with Crippen LogP contribution in [0, 0.1) is 0 Å². The molecule has 0 fully saturated rings. The first-order chi connectivity index (χ1) is 13.6. The second-order valence-corrected chi connectivity index (χ2v) is 6.47. The molecule has 0 spiro atoms. The van der Waals surface area contributed by atoms with Gasteiger partial charge in [-0.15, -0.1) is 0 Å². The second-order valence-electron chi connectivity index (χ2n) is 6.47. The molecule has 144 valence electrons. The van der Waals surface area contributed by atoms with Gasteiger partial charge in [-0.2, -0.15) is 0 Å². The van der Waals surface area contributed by atoms with Gasteiger partial charge in [-0.1, -0.05) is 18.2 Å². The van der Waals surface area contributed by atoms with Crippen LogP contribution in [0.5, 0.6) is 11.5 Å². The minimum atomic E-state index is -0.420. The fourth-order valence-electron chi connectivity index (χ4n) is 3.68. The van der Waals surface area contributed by atoms with Gasteiger partial charge in [0, 0.05) is 5.70 Å². The van der Waals surface area contributed by atoms with Gasteiger partial charge in [0.1, 0.15) is 0 Å². The van der Waals surface area contributed by atoms with Crippen molar-refractivity contribution in [3.05, 3.63) is 59.3 Å². The molecule has 2 aromatic carbocycles. The molecule has 3 aromatic rings. The number of carbonyl (C=O) groups excluding carboxylic acids is 1. The maximum atomic E-state index is 12.7. The molecule has 7 heteroatoms. The summed E-state index contributed by atoms with van der Waals surface area (Å²) in [5, 5.41) is 3.24. The number of hydrogen-bond acceptors (Lipinski definition) is 6. The van der Waals surface area contributed by atoms with E-state index in [1.165, 1.54) is 7.11 Å². The Morgan fingerprint density at radius 2 is 1.82 bits per heavy atom. The zero-order valence-corrected chi connectivity index (χ0v) is 16.1. The van der Waals surface area contributed by atoms with E-state index in [0.717, 1.165) is 16.6 Å². The molecular weight excluding hydrogens is 358 g/mol. The Morgan fingerprint density at radius 3 is 2.54 bits per heavy atom. The van der Waals surface area contributed by atoms with Crippen molar-refractivity contribution < 1.29 is 19.0 Å². The summed E-state index contributed by atoms with van der Waals surface area (Å²) in [7, 11) is 4.56. The molecule has 1 atom stereocenters. The highest BCUT2D eigenvalue weighted by atomic mass is 16.5. The summed E-state index contributed by atoms with van der Waals surface area (Å²) in [6.07, 6.45) is 0. The minimum Gasteiger partial charge on any atom is -0.493 e. The normalized spacial score (nSPS) is 15.8. The van der Waals surface area contributed by atoms with E-state index >= 15 is 0 Å². The van der Waals surface area contributed by atoms with Crippen LogP contribution in [0.4, 0.5) is 5.95 Å². The van der Waals surface area contributed by atoms with Crippen molar-refractivity contribution in [1.29, 1.82) is 0 Å². The molecule has 0 unspecified atom stereocenters. The number of esters is 1. The van der Waals surface area contributed by atoms with Crippen LogP contribution in [0.3, 0.4) is 0 Å². The van der Waals surface area contributed by atoms with Crippen LogP contribution >= 0.6 is 0 Å². The molecule has 4 rings (SSSR count). The lowest BCUT2D eigenvalue weighted by Crippen LogP contribution is -2.28. The van der Waals surface area contributed by atoms with E-state index < -0.39 is 12.0 Å². The summed E-state index contributed by atoms with van der Waals surface area (Å²) in [4.78, 5) is 17.4. The number of carbonyl (C=O) groups is 1. The predicted octanol–water partition coefficient (Wildman–Crippen LogP) is 3.52. The van der Waals surface area contributed by atoms with Gasteiger partial charge in [0.25, 0.3) is 0 Å². The maximum absolute atomic E-state index is 12.7. The minimum absolute atomic E-state index is 0.395. The fourth-order valence-corrected chi connectivity index (χ4v) is 3.68. The SMILES string of the molecule is COC(=O)C1=C(C)Nc2nc3ccccc3n2[C@H]1c1ccc(OC)c(OC)c1. The molecule has 0 amide bonds. The lowest BCUT2D eigenvalue weighted by molar-refractivity contribution is -0.136. The lowest BCUT2D eigenvalue weighted by atomic mass is 9.94. The number of para-hydroxylation sites is 2. The number of imidazole rings is 1. The first-order valence-electron chi connectivity index (χ1n) is 8.84. The number of rotatable bonds is 4. The molecule has 0 saturated heterocycles. The van der Waals surface area contributed by atoms with Gasteiger partial charge >= 0.3 is 5.97 Å². The third-order valence-electron chi connectivity index (χ3n) is 4.96. The van der Waals surface area contributed by atoms with E-state index in [1.54, 1.807) is 14.2 Å². The summed E-state index contributed by atoms with van der Waals surface area (Å²) in [5.41, 5.74) is 3.84. The molecule has 2 heterocycles. The molecule has 1 aliphatic heterocycles. The van der Waals surface area contributed by atoms with Gasteiger partial charge < -0.3 is 19.5 Å². The van der Waals surface area contributed by atoms with Crippen LogP contribution in [-0.4, -0.2) is 36.8 Å². The highest BCUT2D eigenvalue weighted by Gasteiger charge is 2.35. The number of benzene rings is 2. The van der Waals surface area contributed by atoms with Crippen LogP contribution in [0.2, 0.25) is 0 Å². The number of fused-ring (bicyclic) bond motifs is 3. The van der Waals surface area contributed by atoms with Gasteiger partial charge in [0.15, 0.2) is 11.5 Å². The molecule has 1 aliphatic rings. The summed E-state index contributed by atoms with van der Waals surface area (Å²) in [6, 6.07) is 13.0. The summed E-state index contributed by atoms with van der Waals surface area (Å²) < 4.78 is 17.9. The highest BCUT2D eigenvalue weighted by molar-refractivity contribution is 5.94. The molecule has 0 radical (unpaired) electrons. The number of nitrogens with one attached hydrogen (secondary N) is 1. The Labute approximate surface area is 162 Å². The van der Waals surface area contributed by atoms with E-state index in [0.29, 0.717) is 28.7 Å². The quantitative estimate of drug-likeness (QED) is 0.699. The summed E-state index contributed by atoms with van der Waals surface area (Å²) in [6.45, 7) is 1.85. The Bertz CT molecular complexity index is 1100. The number of hydrogen-bond donors (Lipinski definition) is 1. The predicted molar refractivity (Wildman–Crippen MR) is 106 cm³/mol. The maximum Gasteiger partial charge on any atom is 0.337 e. The van der Waals surface area contributed by atoms with Gasteiger partial charge in [-0.05, 0) is 36.8 Å². The standard InChI is InChI=1S/C21H21N3O4/c1-12-18(20(25)28-4)19(13-9-10-16(26-2)17(11-13)27-3)24-15-8-6-5-7-14(15)23-21(24)22-12/h5-11,19H,1-4H3,(H,22,23)/t19-/m0/s1. The van der Waals surface area contributed by atoms with Gasteiger partial charge in [-0.25, -0.2) is 9.78 Å². The molecule has 0 bridgehead atoms. The summed E-state index contributed by atoms with van der Waals surface area (Å²) >= 11 is 0. The Kier molecular flexibility index (Phi) is 4.43. The number of ether oxygens (including phenoxy) is 3. The third-order valence-corrected chi connectivity index (χ3v) is 4.96. The molecule has 28 heavy (non-hydrogen) atoms. The number of nitrogens with zero attached hydrogens (tertiary/aromatic N) is 2.